The molecule has 4 aromatic rings. The van der Waals surface area contributed by atoms with Crippen LogP contribution in [0.2, 0.25) is 5.02 Å². The van der Waals surface area contributed by atoms with Gasteiger partial charge in [-0.05, 0) is 79.5 Å². The number of amides is 4. The van der Waals surface area contributed by atoms with Gasteiger partial charge in [0.1, 0.15) is 41.1 Å². The molecule has 3 aromatic carbocycles. The molecule has 5 heterocycles. The van der Waals surface area contributed by atoms with Gasteiger partial charge >= 0.3 is 0 Å². The van der Waals surface area contributed by atoms with Crippen molar-refractivity contribution in [2.45, 2.75) is 115 Å². The smallest absolute Gasteiger partial charge is 0.264 e. The number of nitrogens with zero attached hydrogens (tertiary/aromatic N) is 6. The number of carbonyl (C=O) groups is 4. The molecule has 0 spiro atoms. The molecule has 3 saturated heterocycles. The molecule has 1 aromatic heterocycles. The molecule has 8 rings (SSSR count). The van der Waals surface area contributed by atoms with Gasteiger partial charge in [-0.15, -0.1) is 0 Å². The van der Waals surface area contributed by atoms with Crippen molar-refractivity contribution in [2.75, 3.05) is 44.2 Å². The van der Waals surface area contributed by atoms with Crippen molar-refractivity contribution in [1.82, 2.24) is 30.0 Å². The van der Waals surface area contributed by atoms with Crippen LogP contribution in [-0.4, -0.2) is 99.8 Å². The lowest BCUT2D eigenvalue weighted by molar-refractivity contribution is -0.137. The summed E-state index contributed by atoms with van der Waals surface area (Å²) in [6.07, 6.45) is 11.7. The molecule has 0 saturated carbocycles. The lowest BCUT2D eigenvalue weighted by Crippen LogP contribution is -2.52. The van der Waals surface area contributed by atoms with Gasteiger partial charge in [-0.2, -0.15) is 0 Å². The molecule has 356 valence electrons. The third-order valence-electron chi connectivity index (χ3n) is 13.7. The van der Waals surface area contributed by atoms with E-state index < -0.39 is 41.5 Å². The zero-order valence-corrected chi connectivity index (χ0v) is 39.2. The lowest BCUT2D eigenvalue weighted by atomic mass is 9.85. The zero-order valence-electron chi connectivity index (χ0n) is 37.7. The number of aromatic nitrogens is 2. The summed E-state index contributed by atoms with van der Waals surface area (Å²) in [7, 11) is 0. The number of piperidine rings is 2. The first kappa shape index (κ1) is 48.2. The molecule has 3 fully saturated rings. The first-order chi connectivity index (χ1) is 32.3. The van der Waals surface area contributed by atoms with E-state index in [1.807, 2.05) is 4.90 Å². The van der Waals surface area contributed by atoms with Crippen molar-refractivity contribution in [3.63, 3.8) is 0 Å². The van der Waals surface area contributed by atoms with Gasteiger partial charge in [-0.3, -0.25) is 29.4 Å². The number of hydrogen-bond acceptors (Lipinski definition) is 9. The Morgan fingerprint density at radius 3 is 2.33 bits per heavy atom. The predicted molar refractivity (Wildman–Crippen MR) is 251 cm³/mol. The fraction of sp³-hybridized carbons (Fsp3) is 0.480. The van der Waals surface area contributed by atoms with Crippen LogP contribution < -0.4 is 15.0 Å². The maximum atomic E-state index is 17.0. The van der Waals surface area contributed by atoms with E-state index in [4.69, 9.17) is 27.9 Å². The second-order valence-corrected chi connectivity index (χ2v) is 18.9. The molecule has 17 heteroatoms. The average Bonchev–Trinajstić information content (AvgIpc) is 3.64. The summed E-state index contributed by atoms with van der Waals surface area (Å²) in [5, 5.41) is 2.53. The van der Waals surface area contributed by atoms with E-state index in [2.05, 4.69) is 33.7 Å². The maximum Gasteiger partial charge on any atom is 0.264 e. The molecule has 4 aliphatic heterocycles. The van der Waals surface area contributed by atoms with Crippen molar-refractivity contribution in [3.05, 3.63) is 93.5 Å². The summed E-state index contributed by atoms with van der Waals surface area (Å²) < 4.78 is 55.4. The van der Waals surface area contributed by atoms with Gasteiger partial charge in [0, 0.05) is 68.7 Å². The summed E-state index contributed by atoms with van der Waals surface area (Å²) in [5.74, 6) is -3.32. The van der Waals surface area contributed by atoms with E-state index >= 15 is 13.2 Å². The van der Waals surface area contributed by atoms with Crippen LogP contribution in [-0.2, 0) is 20.9 Å². The highest BCUT2D eigenvalue weighted by molar-refractivity contribution is 6.41. The zero-order chi connectivity index (χ0) is 47.4. The number of likely N-dealkylation sites (tertiary alicyclic amines) is 1. The number of unbranched alkanes of at least 4 members (excludes halogenated alkanes) is 7. The molecule has 0 aliphatic carbocycles. The Morgan fingerprint density at radius 1 is 0.910 bits per heavy atom. The first-order valence-corrected chi connectivity index (χ1v) is 24.3. The number of halogens is 5. The number of carbonyl (C=O) groups excluding carboxylic acids is 4. The van der Waals surface area contributed by atoms with Gasteiger partial charge < -0.3 is 19.4 Å². The van der Waals surface area contributed by atoms with Crippen molar-refractivity contribution < 1.29 is 37.1 Å². The highest BCUT2D eigenvalue weighted by Crippen LogP contribution is 2.44. The fourth-order valence-electron chi connectivity index (χ4n) is 10.2. The van der Waals surface area contributed by atoms with Gasteiger partial charge in [-0.25, -0.2) is 23.1 Å². The van der Waals surface area contributed by atoms with Crippen LogP contribution in [0.1, 0.15) is 118 Å². The van der Waals surface area contributed by atoms with Crippen LogP contribution in [0, 0.1) is 17.5 Å². The van der Waals surface area contributed by atoms with E-state index in [-0.39, 0.29) is 75.1 Å². The summed E-state index contributed by atoms with van der Waals surface area (Å²) in [5.41, 5.74) is 1.31. The van der Waals surface area contributed by atoms with Gasteiger partial charge in [0.05, 0.1) is 15.6 Å². The Balaban J connectivity index is 1.03. The monoisotopic (exact) mass is 961 g/mol. The number of ether oxygens (including phenoxy) is 1. The number of hydrogen-bond donors (Lipinski definition) is 1. The standard InChI is InChI=1S/C50H56Cl2F3N7O5/c1-3-4-5-6-7-8-9-10-14-42(59-19-17-31(18-20-59)33-25-32(53)26-34-36(33)28-62(50(34)66)39-15-16-41(63)58-48(39)64)67-40-13-11-12-38(54)44(40)43-37(52)27-35-46(45(43)55)56-29-57-47(35)60-21-23-61(24-22-60)49(65)30(2)51/h11-13,25-27,29,31,39,42H,2-10,14-24,28H2,1H3,(H,58,63,64). The molecule has 4 aliphatic rings. The van der Waals surface area contributed by atoms with Gasteiger partial charge in [0.2, 0.25) is 11.8 Å². The minimum absolute atomic E-state index is 0.0467. The summed E-state index contributed by atoms with van der Waals surface area (Å²) >= 11 is 12.8. The van der Waals surface area contributed by atoms with Gasteiger partial charge in [0.15, 0.2) is 12.0 Å². The molecule has 2 atom stereocenters. The molecule has 4 amide bonds. The molecule has 0 bridgehead atoms. The number of imide groups is 1. The molecule has 2 unspecified atom stereocenters. The molecular formula is C50H56Cl2F3N7O5. The van der Waals surface area contributed by atoms with E-state index in [9.17, 15) is 19.2 Å². The third-order valence-corrected chi connectivity index (χ3v) is 14.2. The maximum absolute atomic E-state index is 17.0. The normalized spacial score (nSPS) is 18.7. The molecular weight excluding hydrogens is 906 g/mol. The Kier molecular flexibility index (Phi) is 15.4. The van der Waals surface area contributed by atoms with Crippen LogP contribution in [0.25, 0.3) is 22.0 Å². The van der Waals surface area contributed by atoms with E-state index in [0.717, 1.165) is 31.2 Å². The number of piperazine rings is 1. The minimum atomic E-state index is -0.828. The molecule has 0 radical (unpaired) electrons. The topological polar surface area (TPSA) is 128 Å². The number of benzene rings is 3. The Bertz CT molecular complexity index is 2550. The summed E-state index contributed by atoms with van der Waals surface area (Å²) in [4.78, 5) is 66.5. The average molecular weight is 963 g/mol. The van der Waals surface area contributed by atoms with E-state index in [1.165, 1.54) is 61.2 Å². The molecule has 1 N–H and O–H groups in total. The lowest BCUT2D eigenvalue weighted by Gasteiger charge is -2.38. The predicted octanol–water partition coefficient (Wildman–Crippen LogP) is 9.64. The highest BCUT2D eigenvalue weighted by atomic mass is 35.5. The summed E-state index contributed by atoms with van der Waals surface area (Å²) in [6, 6.07) is 7.84. The number of anilines is 1. The Morgan fingerprint density at radius 2 is 1.63 bits per heavy atom. The SMILES string of the molecule is C=C(Cl)C(=O)N1CCN(c2ncnc3c(F)c(-c4c(F)cccc4OC(CCCCCCCCCC)N4CCC(c5cc(F)cc6c5CN(C5CCC(=O)NC5=O)C6=O)CC4)c(Cl)cc23)CC1. The fourth-order valence-corrected chi connectivity index (χ4v) is 10.6. The minimum Gasteiger partial charge on any atom is -0.474 e. The Labute approximate surface area is 398 Å². The second kappa shape index (κ2) is 21.4. The van der Waals surface area contributed by atoms with Crippen LogP contribution in [0.5, 0.6) is 5.75 Å². The first-order valence-electron chi connectivity index (χ1n) is 23.5. The van der Waals surface area contributed by atoms with Crippen molar-refractivity contribution >= 4 is 63.6 Å². The summed E-state index contributed by atoms with van der Waals surface area (Å²) in [6.45, 7) is 8.43. The van der Waals surface area contributed by atoms with Crippen LogP contribution in [0.4, 0.5) is 19.0 Å². The van der Waals surface area contributed by atoms with E-state index in [0.29, 0.717) is 75.3 Å². The molecule has 12 nitrogen and oxygen atoms in total. The quantitative estimate of drug-likeness (QED) is 0.0625. The number of fused-ring (bicyclic) bond motifs is 2. The van der Waals surface area contributed by atoms with Crippen molar-refractivity contribution in [1.29, 1.82) is 0 Å². The van der Waals surface area contributed by atoms with Crippen molar-refractivity contribution in [2.24, 2.45) is 0 Å². The van der Waals surface area contributed by atoms with Gasteiger partial charge in [-0.1, -0.05) is 87.7 Å². The second-order valence-electron chi connectivity index (χ2n) is 18.0. The van der Waals surface area contributed by atoms with Gasteiger partial charge in [0.25, 0.3) is 11.8 Å². The molecule has 67 heavy (non-hydrogen) atoms. The van der Waals surface area contributed by atoms with Crippen LogP contribution in [0.15, 0.2) is 54.3 Å². The number of rotatable bonds is 17. The van der Waals surface area contributed by atoms with Crippen molar-refractivity contribution in [3.8, 4) is 16.9 Å². The van der Waals surface area contributed by atoms with E-state index in [1.54, 1.807) is 17.0 Å². The Hall–Kier alpha value is -5.25. The number of nitrogens with one attached hydrogen (secondary N) is 1. The highest BCUT2D eigenvalue weighted by Gasteiger charge is 2.41. The van der Waals surface area contributed by atoms with Crippen LogP contribution >= 0.6 is 23.2 Å². The third kappa shape index (κ3) is 10.4. The van der Waals surface area contributed by atoms with Crippen LogP contribution in [0.3, 0.4) is 0 Å². The largest absolute Gasteiger partial charge is 0.474 e.